The Kier molecular flexibility index (Phi) is 3.82. The molecule has 0 aliphatic rings. The van der Waals surface area contributed by atoms with E-state index < -0.39 is 10.1 Å². The summed E-state index contributed by atoms with van der Waals surface area (Å²) in [5.41, 5.74) is 8.03. The zero-order valence-electron chi connectivity index (χ0n) is 10.7. The van der Waals surface area contributed by atoms with Gasteiger partial charge in [-0.1, -0.05) is 12.1 Å². The highest BCUT2D eigenvalue weighted by Gasteiger charge is 2.09. The molecule has 0 saturated heterocycles. The standard InChI is InChI=1S/C13H13N3O3S/c1-9-5-6-12(14)13(7-9)16-15-10-3-2-4-11(8-10)20(17,18)19/h2-8H,14H2,1H3,(H,17,18,19). The number of rotatable bonds is 3. The molecule has 0 heterocycles. The summed E-state index contributed by atoms with van der Waals surface area (Å²) in [6, 6.07) is 10.9. The van der Waals surface area contributed by atoms with Gasteiger partial charge < -0.3 is 5.73 Å². The average molecular weight is 291 g/mol. The summed E-state index contributed by atoms with van der Waals surface area (Å²) in [6.07, 6.45) is 0. The predicted molar refractivity (Wildman–Crippen MR) is 76.0 cm³/mol. The monoisotopic (exact) mass is 291 g/mol. The van der Waals surface area contributed by atoms with E-state index >= 15 is 0 Å². The zero-order chi connectivity index (χ0) is 14.8. The molecule has 0 saturated carbocycles. The molecule has 104 valence electrons. The number of aryl methyl sites for hydroxylation is 1. The molecule has 0 fully saturated rings. The third-order valence-corrected chi connectivity index (χ3v) is 3.42. The fourth-order valence-corrected chi connectivity index (χ4v) is 2.08. The number of hydrogen-bond donors (Lipinski definition) is 2. The van der Waals surface area contributed by atoms with Gasteiger partial charge in [-0.2, -0.15) is 13.5 Å². The molecule has 0 aliphatic carbocycles. The molecule has 20 heavy (non-hydrogen) atoms. The molecule has 0 spiro atoms. The highest BCUT2D eigenvalue weighted by molar-refractivity contribution is 7.85. The Balaban J connectivity index is 2.35. The van der Waals surface area contributed by atoms with Crippen LogP contribution in [-0.2, 0) is 10.1 Å². The van der Waals surface area contributed by atoms with Crippen LogP contribution in [-0.4, -0.2) is 13.0 Å². The molecule has 0 atom stereocenters. The SMILES string of the molecule is Cc1ccc(N)c(N=Nc2cccc(S(=O)(=O)O)c2)c1. The third kappa shape index (κ3) is 3.40. The fourth-order valence-electron chi connectivity index (χ4n) is 1.56. The lowest BCUT2D eigenvalue weighted by Crippen LogP contribution is -1.96. The Morgan fingerprint density at radius 2 is 1.85 bits per heavy atom. The van der Waals surface area contributed by atoms with Gasteiger partial charge in [0.1, 0.15) is 5.69 Å². The Morgan fingerprint density at radius 3 is 2.55 bits per heavy atom. The van der Waals surface area contributed by atoms with E-state index in [0.717, 1.165) is 5.56 Å². The first kappa shape index (κ1) is 14.2. The zero-order valence-corrected chi connectivity index (χ0v) is 11.5. The van der Waals surface area contributed by atoms with Crippen molar-refractivity contribution in [2.24, 2.45) is 10.2 Å². The second-order valence-corrected chi connectivity index (χ2v) is 5.66. The smallest absolute Gasteiger partial charge is 0.294 e. The van der Waals surface area contributed by atoms with Gasteiger partial charge in [-0.05, 0) is 42.8 Å². The van der Waals surface area contributed by atoms with Gasteiger partial charge in [-0.3, -0.25) is 4.55 Å². The molecule has 2 aromatic carbocycles. The summed E-state index contributed by atoms with van der Waals surface area (Å²) in [5.74, 6) is 0. The minimum Gasteiger partial charge on any atom is -0.397 e. The molecule has 0 bridgehead atoms. The van der Waals surface area contributed by atoms with Crippen LogP contribution in [0.5, 0.6) is 0 Å². The summed E-state index contributed by atoms with van der Waals surface area (Å²) in [7, 11) is -4.25. The molecular formula is C13H13N3O3S. The maximum atomic E-state index is 11.0. The van der Waals surface area contributed by atoms with E-state index in [-0.39, 0.29) is 4.90 Å². The Bertz CT molecular complexity index is 770. The number of hydrogen-bond acceptors (Lipinski definition) is 5. The second kappa shape index (κ2) is 5.40. The van der Waals surface area contributed by atoms with Gasteiger partial charge in [-0.15, -0.1) is 5.11 Å². The van der Waals surface area contributed by atoms with Crippen molar-refractivity contribution < 1.29 is 13.0 Å². The number of anilines is 1. The maximum absolute atomic E-state index is 11.0. The van der Waals surface area contributed by atoms with Crippen molar-refractivity contribution in [1.82, 2.24) is 0 Å². The van der Waals surface area contributed by atoms with Crippen LogP contribution in [0.15, 0.2) is 57.6 Å². The molecule has 7 heteroatoms. The van der Waals surface area contributed by atoms with Gasteiger partial charge >= 0.3 is 0 Å². The van der Waals surface area contributed by atoms with Crippen molar-refractivity contribution in [2.75, 3.05) is 5.73 Å². The molecule has 0 aliphatic heterocycles. The van der Waals surface area contributed by atoms with Crippen LogP contribution in [0.3, 0.4) is 0 Å². The van der Waals surface area contributed by atoms with Crippen LogP contribution in [0.1, 0.15) is 5.56 Å². The van der Waals surface area contributed by atoms with Gasteiger partial charge in [0.25, 0.3) is 10.1 Å². The number of azo groups is 1. The molecule has 2 aromatic rings. The lowest BCUT2D eigenvalue weighted by molar-refractivity contribution is 0.483. The number of benzene rings is 2. The number of nitrogens with zero attached hydrogens (tertiary/aromatic N) is 2. The minimum atomic E-state index is -4.25. The van der Waals surface area contributed by atoms with E-state index in [1.54, 1.807) is 18.2 Å². The van der Waals surface area contributed by atoms with Crippen LogP contribution in [0.2, 0.25) is 0 Å². The molecule has 0 aromatic heterocycles. The number of nitrogens with two attached hydrogens (primary N) is 1. The van der Waals surface area contributed by atoms with Gasteiger partial charge in [0.2, 0.25) is 0 Å². The molecular weight excluding hydrogens is 278 g/mol. The average Bonchev–Trinajstić information content (AvgIpc) is 2.39. The van der Waals surface area contributed by atoms with Gasteiger partial charge in [0.05, 0.1) is 16.3 Å². The topological polar surface area (TPSA) is 105 Å². The minimum absolute atomic E-state index is 0.230. The van der Waals surface area contributed by atoms with Crippen LogP contribution < -0.4 is 5.73 Å². The highest BCUT2D eigenvalue weighted by atomic mass is 32.2. The molecule has 6 nitrogen and oxygen atoms in total. The van der Waals surface area contributed by atoms with Gasteiger partial charge in [0.15, 0.2) is 0 Å². The largest absolute Gasteiger partial charge is 0.397 e. The maximum Gasteiger partial charge on any atom is 0.294 e. The molecule has 0 radical (unpaired) electrons. The van der Waals surface area contributed by atoms with E-state index in [4.69, 9.17) is 10.3 Å². The Hall–Kier alpha value is -2.25. The third-order valence-electron chi connectivity index (χ3n) is 2.57. The highest BCUT2D eigenvalue weighted by Crippen LogP contribution is 2.26. The van der Waals surface area contributed by atoms with Crippen molar-refractivity contribution in [3.8, 4) is 0 Å². The van der Waals surface area contributed by atoms with Gasteiger partial charge in [-0.25, -0.2) is 0 Å². The van der Waals surface area contributed by atoms with Crippen LogP contribution in [0.4, 0.5) is 17.1 Å². The summed E-state index contributed by atoms with van der Waals surface area (Å²) >= 11 is 0. The van der Waals surface area contributed by atoms with E-state index in [1.165, 1.54) is 18.2 Å². The Labute approximate surface area is 116 Å². The normalized spacial score (nSPS) is 11.9. The lowest BCUT2D eigenvalue weighted by Gasteiger charge is -2.01. The summed E-state index contributed by atoms with van der Waals surface area (Å²) in [4.78, 5) is -0.230. The lowest BCUT2D eigenvalue weighted by atomic mass is 10.2. The predicted octanol–water partition coefficient (Wildman–Crippen LogP) is 3.24. The first-order valence-corrected chi connectivity index (χ1v) is 7.16. The van der Waals surface area contributed by atoms with Crippen molar-refractivity contribution >= 4 is 27.2 Å². The van der Waals surface area contributed by atoms with E-state index in [1.807, 2.05) is 13.0 Å². The van der Waals surface area contributed by atoms with Crippen molar-refractivity contribution in [1.29, 1.82) is 0 Å². The van der Waals surface area contributed by atoms with Crippen molar-refractivity contribution in [2.45, 2.75) is 11.8 Å². The first-order chi connectivity index (χ1) is 9.36. The van der Waals surface area contributed by atoms with Crippen LogP contribution >= 0.6 is 0 Å². The van der Waals surface area contributed by atoms with Crippen molar-refractivity contribution in [3.05, 3.63) is 48.0 Å². The van der Waals surface area contributed by atoms with Crippen LogP contribution in [0, 0.1) is 6.92 Å². The number of nitrogen functional groups attached to an aromatic ring is 1. The van der Waals surface area contributed by atoms with Gasteiger partial charge in [0, 0.05) is 0 Å². The summed E-state index contributed by atoms with van der Waals surface area (Å²) in [5, 5.41) is 7.91. The van der Waals surface area contributed by atoms with E-state index in [9.17, 15) is 8.42 Å². The van der Waals surface area contributed by atoms with Crippen LogP contribution in [0.25, 0.3) is 0 Å². The quantitative estimate of drug-likeness (QED) is 0.514. The molecule has 0 unspecified atom stereocenters. The fraction of sp³-hybridized carbons (Fsp3) is 0.0769. The molecule has 2 rings (SSSR count). The first-order valence-electron chi connectivity index (χ1n) is 5.72. The summed E-state index contributed by atoms with van der Waals surface area (Å²) < 4.78 is 31.0. The van der Waals surface area contributed by atoms with E-state index in [2.05, 4.69) is 10.2 Å². The van der Waals surface area contributed by atoms with Crippen molar-refractivity contribution in [3.63, 3.8) is 0 Å². The van der Waals surface area contributed by atoms with E-state index in [0.29, 0.717) is 17.1 Å². The molecule has 0 amide bonds. The summed E-state index contributed by atoms with van der Waals surface area (Å²) in [6.45, 7) is 1.90. The molecule has 3 N–H and O–H groups in total. The Morgan fingerprint density at radius 1 is 1.10 bits per heavy atom. The second-order valence-electron chi connectivity index (χ2n) is 4.23.